The molecule has 0 aromatic carbocycles. The topological polar surface area (TPSA) is 108 Å². The van der Waals surface area contributed by atoms with E-state index >= 15 is 0 Å². The molecule has 1 N–H and O–H groups in total. The highest BCUT2D eigenvalue weighted by molar-refractivity contribution is 7.47. The van der Waals surface area contributed by atoms with Gasteiger partial charge in [0.05, 0.1) is 27.7 Å². The Balaban J connectivity index is 4.06. The van der Waals surface area contributed by atoms with Gasteiger partial charge in [-0.25, -0.2) is 4.57 Å². The van der Waals surface area contributed by atoms with Gasteiger partial charge in [-0.15, -0.1) is 0 Å². The second kappa shape index (κ2) is 62.5. The lowest BCUT2D eigenvalue weighted by atomic mass is 10.0. The maximum Gasteiger partial charge on any atom is 0.472 e. The Morgan fingerprint density at radius 3 is 1.04 bits per heavy atom. The molecule has 0 aliphatic heterocycles. The predicted molar refractivity (Wildman–Crippen MR) is 353 cm³/mol. The normalized spacial score (nSPS) is 13.8. The number of unbranched alkanes of at least 4 members (excludes halogenated alkanes) is 32. The molecule has 0 rings (SSSR count). The number of carbonyl (C=O) groups excluding carboxylic acids is 2. The monoisotopic (exact) mass is 1170 g/mol. The largest absolute Gasteiger partial charge is 0.472 e. The lowest BCUT2D eigenvalue weighted by Crippen LogP contribution is -2.37. The van der Waals surface area contributed by atoms with Gasteiger partial charge in [-0.3, -0.25) is 18.6 Å². The molecule has 0 aromatic rings. The number of carbonyl (C=O) groups is 2. The molecule has 82 heavy (non-hydrogen) atoms. The van der Waals surface area contributed by atoms with Crippen molar-refractivity contribution in [3.8, 4) is 0 Å². The van der Waals surface area contributed by atoms with E-state index in [-0.39, 0.29) is 32.0 Å². The Bertz CT molecular complexity index is 1710. The van der Waals surface area contributed by atoms with Crippen LogP contribution in [0.3, 0.4) is 0 Å². The molecule has 0 saturated heterocycles. The molecule has 10 heteroatoms. The number of allylic oxidation sites excluding steroid dienone is 16. The van der Waals surface area contributed by atoms with Crippen molar-refractivity contribution in [2.24, 2.45) is 0 Å². The fraction of sp³-hybridized carbons (Fsp3) is 0.750. The predicted octanol–water partition coefficient (Wildman–Crippen LogP) is 21.9. The minimum atomic E-state index is -4.40. The number of ether oxygens (including phenoxy) is 2. The summed E-state index contributed by atoms with van der Waals surface area (Å²) in [5.74, 6) is -0.809. The number of phosphoric ester groups is 1. The first kappa shape index (κ1) is 78.9. The molecule has 2 unspecified atom stereocenters. The van der Waals surface area contributed by atoms with E-state index in [1.807, 2.05) is 21.1 Å². The first-order chi connectivity index (χ1) is 40.0. The number of quaternary nitrogens is 1. The van der Waals surface area contributed by atoms with Crippen molar-refractivity contribution in [2.45, 2.75) is 302 Å². The SMILES string of the molecule is CC/C=C\C/C=C\C/C=C\C/C=C\C/C=C\C/C=C\CCCCCCCCC(=O)OC(COC(=O)CCCCCCCCCCCCCCCCCCCCCCC/C=C\C/C=C\CCCCCCC)COP(=O)(O)OCC[N+](C)(C)C. The van der Waals surface area contributed by atoms with Crippen molar-refractivity contribution < 1.29 is 42.1 Å². The molecule has 0 saturated carbocycles. The van der Waals surface area contributed by atoms with Crippen LogP contribution >= 0.6 is 7.82 Å². The second-order valence-corrected chi connectivity index (χ2v) is 25.3. The molecule has 0 bridgehead atoms. The molecule has 0 fully saturated rings. The Hall–Kier alpha value is -3.07. The van der Waals surface area contributed by atoms with Gasteiger partial charge in [0.15, 0.2) is 6.10 Å². The number of nitrogens with zero attached hydrogens (tertiary/aromatic N) is 1. The van der Waals surface area contributed by atoms with E-state index in [0.29, 0.717) is 17.4 Å². The molecular formula is C72H129NO8P+. The van der Waals surface area contributed by atoms with Crippen molar-refractivity contribution in [2.75, 3.05) is 47.5 Å². The van der Waals surface area contributed by atoms with Gasteiger partial charge in [0, 0.05) is 12.8 Å². The standard InChI is InChI=1S/C72H128NO8P/c1-6-8-10-12-14-16-18-20-22-24-26-28-30-32-33-34-35-36-37-38-39-41-42-44-46-48-50-52-54-56-58-60-62-64-71(74)78-68-70(69-80-82(76,77)79-67-66-73(3,4)5)81-72(75)65-63-61-59-57-55-53-51-49-47-45-43-40-31-29-27-25-23-21-19-17-15-13-11-9-7-2/h9,11,15,17-18,20-21,23-24,26-27,29,40,43,47,49,70H,6-8,10,12-14,16,19,22,25,28,30-39,41-42,44-46,48,50-69H2,1-5H3/p+1/b11-9-,17-15-,20-18-,23-21-,26-24-,29-27-,43-40-,49-47-. The van der Waals surface area contributed by atoms with E-state index in [0.717, 1.165) is 103 Å². The van der Waals surface area contributed by atoms with Gasteiger partial charge in [0.1, 0.15) is 19.8 Å². The van der Waals surface area contributed by atoms with Crippen LogP contribution in [0.5, 0.6) is 0 Å². The second-order valence-electron chi connectivity index (χ2n) is 23.8. The van der Waals surface area contributed by atoms with Crippen LogP contribution in [0.4, 0.5) is 0 Å². The Labute approximate surface area is 506 Å². The van der Waals surface area contributed by atoms with Gasteiger partial charge >= 0.3 is 19.8 Å². The van der Waals surface area contributed by atoms with Crippen molar-refractivity contribution >= 4 is 19.8 Å². The minimum absolute atomic E-state index is 0.0251. The van der Waals surface area contributed by atoms with Crippen LogP contribution in [0.1, 0.15) is 296 Å². The van der Waals surface area contributed by atoms with E-state index in [1.54, 1.807) is 0 Å². The van der Waals surface area contributed by atoms with E-state index in [9.17, 15) is 19.0 Å². The Kier molecular flexibility index (Phi) is 60.1. The van der Waals surface area contributed by atoms with Crippen LogP contribution in [-0.2, 0) is 32.7 Å². The molecule has 0 aliphatic rings. The fourth-order valence-electron chi connectivity index (χ4n) is 9.40. The molecule has 474 valence electrons. The highest BCUT2D eigenvalue weighted by Crippen LogP contribution is 2.43. The molecule has 0 amide bonds. The van der Waals surface area contributed by atoms with E-state index in [4.69, 9.17) is 18.5 Å². The van der Waals surface area contributed by atoms with Crippen molar-refractivity contribution in [1.29, 1.82) is 0 Å². The lowest BCUT2D eigenvalue weighted by molar-refractivity contribution is -0.870. The summed E-state index contributed by atoms with van der Waals surface area (Å²) in [4.78, 5) is 35.8. The van der Waals surface area contributed by atoms with Gasteiger partial charge < -0.3 is 18.9 Å². The van der Waals surface area contributed by atoms with Crippen molar-refractivity contribution in [3.63, 3.8) is 0 Å². The quantitative estimate of drug-likeness (QED) is 0.0211. The number of hydrogen-bond acceptors (Lipinski definition) is 7. The van der Waals surface area contributed by atoms with Gasteiger partial charge in [-0.1, -0.05) is 284 Å². The molecule has 0 heterocycles. The average Bonchev–Trinajstić information content (AvgIpc) is 3.46. The van der Waals surface area contributed by atoms with Gasteiger partial charge in [-0.2, -0.15) is 0 Å². The van der Waals surface area contributed by atoms with Crippen molar-refractivity contribution in [3.05, 3.63) is 97.2 Å². The molecule has 9 nitrogen and oxygen atoms in total. The zero-order valence-corrected chi connectivity index (χ0v) is 54.8. The van der Waals surface area contributed by atoms with E-state index in [1.165, 1.54) is 161 Å². The van der Waals surface area contributed by atoms with Crippen LogP contribution in [0.25, 0.3) is 0 Å². The van der Waals surface area contributed by atoms with Gasteiger partial charge in [0.2, 0.25) is 0 Å². The van der Waals surface area contributed by atoms with E-state index < -0.39 is 26.5 Å². The zero-order valence-electron chi connectivity index (χ0n) is 54.0. The molecule has 0 aliphatic carbocycles. The minimum Gasteiger partial charge on any atom is -0.462 e. The summed E-state index contributed by atoms with van der Waals surface area (Å²) in [7, 11) is 1.46. The lowest BCUT2D eigenvalue weighted by Gasteiger charge is -2.24. The number of phosphoric acid groups is 1. The molecule has 2 atom stereocenters. The summed E-state index contributed by atoms with van der Waals surface area (Å²) in [6.07, 6.45) is 86.5. The highest BCUT2D eigenvalue weighted by Gasteiger charge is 2.27. The molecular weight excluding hydrogens is 1040 g/mol. The van der Waals surface area contributed by atoms with Crippen LogP contribution in [0, 0.1) is 0 Å². The van der Waals surface area contributed by atoms with Gasteiger partial charge in [-0.05, 0) is 96.3 Å². The summed E-state index contributed by atoms with van der Waals surface area (Å²) in [6, 6.07) is 0. The zero-order chi connectivity index (χ0) is 59.8. The number of esters is 2. The van der Waals surface area contributed by atoms with Crippen LogP contribution in [0.15, 0.2) is 97.2 Å². The highest BCUT2D eigenvalue weighted by atomic mass is 31.2. The van der Waals surface area contributed by atoms with Crippen LogP contribution < -0.4 is 0 Å². The average molecular weight is 1170 g/mol. The third kappa shape index (κ3) is 66.1. The van der Waals surface area contributed by atoms with Crippen LogP contribution in [-0.4, -0.2) is 74.9 Å². The third-order valence-electron chi connectivity index (χ3n) is 14.6. The molecule has 0 spiro atoms. The number of hydrogen-bond donors (Lipinski definition) is 1. The Morgan fingerprint density at radius 2 is 0.695 bits per heavy atom. The summed E-state index contributed by atoms with van der Waals surface area (Å²) in [6.45, 7) is 4.31. The maximum atomic E-state index is 12.9. The summed E-state index contributed by atoms with van der Waals surface area (Å²) >= 11 is 0. The number of rotatable bonds is 62. The third-order valence-corrected chi connectivity index (χ3v) is 15.6. The summed E-state index contributed by atoms with van der Waals surface area (Å²) < 4.78 is 34.7. The smallest absolute Gasteiger partial charge is 0.462 e. The first-order valence-corrected chi connectivity index (χ1v) is 35.5. The van der Waals surface area contributed by atoms with Crippen LogP contribution in [0.2, 0.25) is 0 Å². The summed E-state index contributed by atoms with van der Waals surface area (Å²) in [5.41, 5.74) is 0. The first-order valence-electron chi connectivity index (χ1n) is 34.0. The molecule has 0 radical (unpaired) electrons. The maximum absolute atomic E-state index is 12.9. The van der Waals surface area contributed by atoms with Crippen molar-refractivity contribution in [1.82, 2.24) is 0 Å². The molecule has 0 aromatic heterocycles. The Morgan fingerprint density at radius 1 is 0.390 bits per heavy atom. The summed E-state index contributed by atoms with van der Waals surface area (Å²) in [5, 5.41) is 0. The van der Waals surface area contributed by atoms with E-state index in [2.05, 4.69) is 111 Å². The fourth-order valence-corrected chi connectivity index (χ4v) is 10.1. The van der Waals surface area contributed by atoms with Gasteiger partial charge in [0.25, 0.3) is 0 Å². The number of likely N-dealkylation sites (N-methyl/N-ethyl adjacent to an activating group) is 1.